The molecule has 2 nitrogen and oxygen atoms in total. The molecule has 0 aromatic rings. The molecule has 23 heavy (non-hydrogen) atoms. The Balaban J connectivity index is 1.95. The highest BCUT2D eigenvalue weighted by Gasteiger charge is 2.56. The molecule has 1 saturated carbocycles. The van der Waals surface area contributed by atoms with Gasteiger partial charge in [-0.25, -0.2) is 0 Å². The molecule has 2 heteroatoms. The standard InChI is InChI=1S/C21H32O2/c1-14(2)15-7-9-17-16(13-15)8-10-18-20(17,3)11-6-12-21(18,4)19(22)23-5/h7,14,18H,6,8-13H2,1-5H3/t18-,20-,21-/m1/s1. The molecule has 0 radical (unpaired) electrons. The molecule has 0 heterocycles. The van der Waals surface area contributed by atoms with Gasteiger partial charge in [0.1, 0.15) is 0 Å². The van der Waals surface area contributed by atoms with Crippen LogP contribution in [0.2, 0.25) is 0 Å². The van der Waals surface area contributed by atoms with E-state index in [1.54, 1.807) is 23.8 Å². The third-order valence-electron chi connectivity index (χ3n) is 7.16. The first-order chi connectivity index (χ1) is 10.8. The van der Waals surface area contributed by atoms with Gasteiger partial charge in [-0.15, -0.1) is 0 Å². The Labute approximate surface area is 141 Å². The minimum absolute atomic E-state index is 0.00620. The Bertz CT molecular complexity index is 568. The molecule has 0 bridgehead atoms. The highest BCUT2D eigenvalue weighted by molar-refractivity contribution is 5.77. The summed E-state index contributed by atoms with van der Waals surface area (Å²) in [6.45, 7) is 9.20. The Morgan fingerprint density at radius 1 is 1.30 bits per heavy atom. The second-order valence-electron chi connectivity index (χ2n) is 8.67. The molecule has 0 unspecified atom stereocenters. The van der Waals surface area contributed by atoms with Gasteiger partial charge in [-0.2, -0.15) is 0 Å². The fourth-order valence-electron chi connectivity index (χ4n) is 5.79. The second-order valence-corrected chi connectivity index (χ2v) is 8.67. The largest absolute Gasteiger partial charge is 0.469 e. The molecule has 0 aliphatic heterocycles. The summed E-state index contributed by atoms with van der Waals surface area (Å²) in [5, 5.41) is 0. The average Bonchev–Trinajstić information content (AvgIpc) is 2.53. The molecule has 0 aromatic heterocycles. The summed E-state index contributed by atoms with van der Waals surface area (Å²) in [5.74, 6) is 1.09. The van der Waals surface area contributed by atoms with E-state index in [2.05, 4.69) is 33.8 Å². The molecule has 0 aromatic carbocycles. The van der Waals surface area contributed by atoms with Crippen molar-refractivity contribution in [3.8, 4) is 0 Å². The van der Waals surface area contributed by atoms with Crippen LogP contribution in [0.4, 0.5) is 0 Å². The van der Waals surface area contributed by atoms with Crippen LogP contribution in [0.25, 0.3) is 0 Å². The van der Waals surface area contributed by atoms with Crippen molar-refractivity contribution in [2.45, 2.75) is 72.6 Å². The predicted molar refractivity (Wildman–Crippen MR) is 94.0 cm³/mol. The highest BCUT2D eigenvalue weighted by atomic mass is 16.5. The van der Waals surface area contributed by atoms with Gasteiger partial charge in [0.05, 0.1) is 12.5 Å². The van der Waals surface area contributed by atoms with E-state index in [1.165, 1.54) is 19.3 Å². The summed E-state index contributed by atoms with van der Waals surface area (Å²) in [7, 11) is 1.55. The van der Waals surface area contributed by atoms with Crippen LogP contribution in [0.5, 0.6) is 0 Å². The van der Waals surface area contributed by atoms with Gasteiger partial charge >= 0.3 is 5.97 Å². The summed E-state index contributed by atoms with van der Waals surface area (Å²) in [6, 6.07) is 0. The van der Waals surface area contributed by atoms with Crippen LogP contribution in [0.3, 0.4) is 0 Å². The smallest absolute Gasteiger partial charge is 0.311 e. The summed E-state index contributed by atoms with van der Waals surface area (Å²) in [4.78, 5) is 12.5. The first-order valence-electron chi connectivity index (χ1n) is 9.31. The minimum atomic E-state index is -0.303. The molecule has 3 aliphatic rings. The minimum Gasteiger partial charge on any atom is -0.469 e. The van der Waals surface area contributed by atoms with Gasteiger partial charge in [0.15, 0.2) is 0 Å². The number of esters is 1. The van der Waals surface area contributed by atoms with E-state index in [9.17, 15) is 4.79 Å². The van der Waals surface area contributed by atoms with Crippen molar-refractivity contribution in [1.29, 1.82) is 0 Å². The Morgan fingerprint density at radius 3 is 2.70 bits per heavy atom. The van der Waals surface area contributed by atoms with Crippen molar-refractivity contribution in [3.63, 3.8) is 0 Å². The molecule has 3 rings (SSSR count). The van der Waals surface area contributed by atoms with Crippen molar-refractivity contribution in [2.24, 2.45) is 22.7 Å². The number of hydrogen-bond donors (Lipinski definition) is 0. The van der Waals surface area contributed by atoms with Crippen LogP contribution in [0.15, 0.2) is 22.8 Å². The van der Waals surface area contributed by atoms with Gasteiger partial charge in [-0.3, -0.25) is 4.79 Å². The molecule has 1 fully saturated rings. The Hall–Kier alpha value is -1.05. The third kappa shape index (κ3) is 2.49. The van der Waals surface area contributed by atoms with Gasteiger partial charge in [-0.1, -0.05) is 50.0 Å². The molecule has 3 aliphatic carbocycles. The van der Waals surface area contributed by atoms with Crippen molar-refractivity contribution in [2.75, 3.05) is 7.11 Å². The van der Waals surface area contributed by atoms with E-state index < -0.39 is 0 Å². The summed E-state index contributed by atoms with van der Waals surface area (Å²) in [5.41, 5.74) is 4.84. The zero-order valence-corrected chi connectivity index (χ0v) is 15.5. The Morgan fingerprint density at radius 2 is 2.04 bits per heavy atom. The SMILES string of the molecule is COC(=O)[C@]1(C)CCC[C@]2(C)C3=C(CC[C@@H]12)CC(C(C)C)=CC3. The van der Waals surface area contributed by atoms with Crippen LogP contribution in [0.1, 0.15) is 72.6 Å². The summed E-state index contributed by atoms with van der Waals surface area (Å²) < 4.78 is 5.20. The molecular weight excluding hydrogens is 284 g/mol. The van der Waals surface area contributed by atoms with E-state index >= 15 is 0 Å². The molecule has 0 spiro atoms. The first-order valence-corrected chi connectivity index (χ1v) is 9.31. The number of carbonyl (C=O) groups excluding carboxylic acids is 1. The lowest BCUT2D eigenvalue weighted by molar-refractivity contribution is -0.163. The monoisotopic (exact) mass is 316 g/mol. The van der Waals surface area contributed by atoms with Crippen LogP contribution in [-0.2, 0) is 9.53 Å². The van der Waals surface area contributed by atoms with E-state index in [4.69, 9.17) is 4.74 Å². The first kappa shape index (κ1) is 16.8. The summed E-state index contributed by atoms with van der Waals surface area (Å²) >= 11 is 0. The topological polar surface area (TPSA) is 26.3 Å². The number of hydrogen-bond acceptors (Lipinski definition) is 2. The van der Waals surface area contributed by atoms with Crippen LogP contribution in [0, 0.1) is 22.7 Å². The fourth-order valence-corrected chi connectivity index (χ4v) is 5.79. The lowest BCUT2D eigenvalue weighted by Crippen LogP contribution is -2.51. The van der Waals surface area contributed by atoms with Gasteiger partial charge < -0.3 is 4.74 Å². The lowest BCUT2D eigenvalue weighted by Gasteiger charge is -2.55. The highest BCUT2D eigenvalue weighted by Crippen LogP contribution is 2.62. The van der Waals surface area contributed by atoms with Crippen molar-refractivity contribution < 1.29 is 9.53 Å². The average molecular weight is 316 g/mol. The van der Waals surface area contributed by atoms with Gasteiger partial charge in [0, 0.05) is 0 Å². The van der Waals surface area contributed by atoms with Crippen molar-refractivity contribution >= 4 is 5.97 Å². The fraction of sp³-hybridized carbons (Fsp3) is 0.762. The molecule has 0 amide bonds. The van der Waals surface area contributed by atoms with Crippen molar-refractivity contribution in [3.05, 3.63) is 22.8 Å². The van der Waals surface area contributed by atoms with Gasteiger partial charge in [-0.05, 0) is 62.7 Å². The number of carbonyl (C=O) groups is 1. The zero-order chi connectivity index (χ0) is 16.8. The number of methoxy groups -OCH3 is 1. The number of ether oxygens (including phenoxy) is 1. The van der Waals surface area contributed by atoms with Crippen LogP contribution < -0.4 is 0 Å². The molecular formula is C21H32O2. The van der Waals surface area contributed by atoms with E-state index in [0.29, 0.717) is 11.8 Å². The number of rotatable bonds is 2. The molecule has 0 N–H and O–H groups in total. The maximum absolute atomic E-state index is 12.5. The van der Waals surface area contributed by atoms with E-state index in [1.807, 2.05) is 0 Å². The number of allylic oxidation sites excluding steroid dienone is 4. The predicted octanol–water partition coefficient (Wildman–Crippen LogP) is 5.44. The van der Waals surface area contributed by atoms with Gasteiger partial charge in [0.2, 0.25) is 0 Å². The zero-order valence-electron chi connectivity index (χ0n) is 15.5. The van der Waals surface area contributed by atoms with E-state index in [-0.39, 0.29) is 16.8 Å². The van der Waals surface area contributed by atoms with E-state index in [0.717, 1.165) is 25.7 Å². The molecule has 128 valence electrons. The third-order valence-corrected chi connectivity index (χ3v) is 7.16. The maximum Gasteiger partial charge on any atom is 0.311 e. The summed E-state index contributed by atoms with van der Waals surface area (Å²) in [6.07, 6.45) is 10.4. The lowest BCUT2D eigenvalue weighted by atomic mass is 9.48. The van der Waals surface area contributed by atoms with Crippen molar-refractivity contribution in [1.82, 2.24) is 0 Å². The normalized spacial score (nSPS) is 37.1. The Kier molecular flexibility index (Phi) is 4.23. The molecule has 0 saturated heterocycles. The van der Waals surface area contributed by atoms with Crippen LogP contribution >= 0.6 is 0 Å². The van der Waals surface area contributed by atoms with Gasteiger partial charge in [0.25, 0.3) is 0 Å². The number of fused-ring (bicyclic) bond motifs is 2. The molecule has 3 atom stereocenters. The quantitative estimate of drug-likeness (QED) is 0.501. The van der Waals surface area contributed by atoms with Crippen LogP contribution in [-0.4, -0.2) is 13.1 Å². The second kappa shape index (κ2) is 5.79. The maximum atomic E-state index is 12.5.